The van der Waals surface area contributed by atoms with Crippen LogP contribution in [0.4, 0.5) is 5.82 Å². The molecule has 2 bridgehead atoms. The first-order valence-corrected chi connectivity index (χ1v) is 12.8. The SMILES string of the molecule is [2H]C[C@]12O[C@@H](n3cc(C)c(NC(C)=O)nc3=O)[C@H](OC1C)[C@@H]2OP(OCC[N+]#[C-])N(C(C)C)C(C)C. The number of nitrogens with one attached hydrogen (secondary N) is 1. The average molecular weight is 511 g/mol. The molecule has 11 nitrogen and oxygen atoms in total. The summed E-state index contributed by atoms with van der Waals surface area (Å²) in [6.07, 6.45) is -1.12. The first-order valence-electron chi connectivity index (χ1n) is 12.4. The Balaban J connectivity index is 1.97. The fourth-order valence-electron chi connectivity index (χ4n) is 4.40. The molecule has 35 heavy (non-hydrogen) atoms. The van der Waals surface area contributed by atoms with Gasteiger partial charge >= 0.3 is 5.69 Å². The van der Waals surface area contributed by atoms with Crippen LogP contribution >= 0.6 is 8.53 Å². The number of amides is 1. The summed E-state index contributed by atoms with van der Waals surface area (Å²) in [6.45, 7) is 20.4. The van der Waals surface area contributed by atoms with Crippen molar-refractivity contribution in [2.24, 2.45) is 0 Å². The molecule has 0 radical (unpaired) electrons. The number of carbonyl (C=O) groups is 1. The van der Waals surface area contributed by atoms with Gasteiger partial charge in [-0.05, 0) is 48.4 Å². The molecule has 12 heteroatoms. The molecule has 2 aliphatic heterocycles. The number of ether oxygens (including phenoxy) is 2. The van der Waals surface area contributed by atoms with Crippen LogP contribution in [0.5, 0.6) is 0 Å². The van der Waals surface area contributed by atoms with Gasteiger partial charge in [0.25, 0.3) is 8.53 Å². The second kappa shape index (κ2) is 11.0. The van der Waals surface area contributed by atoms with E-state index in [0.29, 0.717) is 5.56 Å². The molecular weight excluding hydrogens is 473 g/mol. The third-order valence-corrected chi connectivity index (χ3v) is 8.12. The van der Waals surface area contributed by atoms with Gasteiger partial charge in [-0.15, -0.1) is 0 Å². The zero-order valence-electron chi connectivity index (χ0n) is 22.3. The highest BCUT2D eigenvalue weighted by Gasteiger charge is 2.65. The van der Waals surface area contributed by atoms with E-state index in [1.807, 2.05) is 34.6 Å². The number of anilines is 1. The molecule has 0 saturated carbocycles. The van der Waals surface area contributed by atoms with E-state index in [0.717, 1.165) is 0 Å². The number of aromatic nitrogens is 2. The number of aryl methyl sites for hydroxylation is 1. The molecule has 3 heterocycles. The van der Waals surface area contributed by atoms with Crippen molar-refractivity contribution in [3.63, 3.8) is 0 Å². The van der Waals surface area contributed by atoms with Crippen LogP contribution in [0.3, 0.4) is 0 Å². The summed E-state index contributed by atoms with van der Waals surface area (Å²) in [5, 5.41) is 2.55. The molecule has 1 aromatic heterocycles. The van der Waals surface area contributed by atoms with Crippen LogP contribution in [0.2, 0.25) is 0 Å². The summed E-state index contributed by atoms with van der Waals surface area (Å²) in [5.41, 5.74) is -1.15. The van der Waals surface area contributed by atoms with Crippen molar-refractivity contribution in [2.75, 3.05) is 18.5 Å². The zero-order valence-corrected chi connectivity index (χ0v) is 22.2. The molecule has 2 unspecified atom stereocenters. The van der Waals surface area contributed by atoms with Crippen LogP contribution in [0.15, 0.2) is 11.0 Å². The van der Waals surface area contributed by atoms with Gasteiger partial charge in [0.15, 0.2) is 6.23 Å². The summed E-state index contributed by atoms with van der Waals surface area (Å²) in [4.78, 5) is 31.8. The summed E-state index contributed by atoms with van der Waals surface area (Å²) in [5.74, 6) is -0.144. The van der Waals surface area contributed by atoms with Crippen LogP contribution in [0, 0.1) is 13.5 Å². The zero-order chi connectivity index (χ0) is 26.8. The van der Waals surface area contributed by atoms with Crippen molar-refractivity contribution < 1.29 is 24.7 Å². The van der Waals surface area contributed by atoms with E-state index in [9.17, 15) is 9.59 Å². The number of carbonyl (C=O) groups excluding carboxylic acids is 1. The maximum absolute atomic E-state index is 12.9. The summed E-state index contributed by atoms with van der Waals surface area (Å²) in [6, 6.07) is 0.196. The second-order valence-corrected chi connectivity index (χ2v) is 10.8. The fraction of sp³-hybridized carbons (Fsp3) is 0.739. The molecule has 0 aliphatic carbocycles. The smallest absolute Gasteiger partial charge is 0.351 e. The van der Waals surface area contributed by atoms with Crippen LogP contribution in [0.1, 0.15) is 61.6 Å². The predicted molar refractivity (Wildman–Crippen MR) is 132 cm³/mol. The Kier molecular flexibility index (Phi) is 8.21. The van der Waals surface area contributed by atoms with Crippen LogP contribution in [0.25, 0.3) is 4.85 Å². The maximum Gasteiger partial charge on any atom is 0.351 e. The van der Waals surface area contributed by atoms with Gasteiger partial charge in [-0.3, -0.25) is 9.36 Å². The predicted octanol–water partition coefficient (Wildman–Crippen LogP) is 3.25. The Hall–Kier alpha value is -1.93. The lowest BCUT2D eigenvalue weighted by Crippen LogP contribution is -2.45. The molecule has 0 spiro atoms. The molecule has 0 aromatic carbocycles. The van der Waals surface area contributed by atoms with Crippen LogP contribution in [-0.4, -0.2) is 69.3 Å². The van der Waals surface area contributed by atoms with Crippen LogP contribution in [-0.2, 0) is 23.3 Å². The highest BCUT2D eigenvalue weighted by Crippen LogP contribution is 2.56. The van der Waals surface area contributed by atoms with Crippen molar-refractivity contribution in [1.82, 2.24) is 14.2 Å². The van der Waals surface area contributed by atoms with Gasteiger partial charge in [0.05, 0.1) is 6.10 Å². The van der Waals surface area contributed by atoms with Crippen molar-refractivity contribution in [3.8, 4) is 0 Å². The average Bonchev–Trinajstić information content (AvgIpc) is 3.23. The van der Waals surface area contributed by atoms with Gasteiger partial charge in [-0.1, -0.05) is 0 Å². The number of hydrogen-bond donors (Lipinski definition) is 1. The molecule has 1 amide bonds. The van der Waals surface area contributed by atoms with Crippen molar-refractivity contribution in [1.29, 1.82) is 0 Å². The van der Waals surface area contributed by atoms with E-state index >= 15 is 0 Å². The molecule has 6 atom stereocenters. The molecule has 2 fully saturated rings. The normalized spacial score (nSPS) is 29.0. The van der Waals surface area contributed by atoms with Crippen molar-refractivity contribution in [3.05, 3.63) is 33.7 Å². The van der Waals surface area contributed by atoms with Crippen molar-refractivity contribution >= 4 is 20.3 Å². The second-order valence-electron chi connectivity index (χ2n) is 9.40. The van der Waals surface area contributed by atoms with E-state index in [4.69, 9.17) is 26.5 Å². The maximum atomic E-state index is 12.9. The lowest BCUT2D eigenvalue weighted by Gasteiger charge is -2.38. The third-order valence-electron chi connectivity index (χ3n) is 6.01. The molecule has 1 N–H and O–H groups in total. The van der Waals surface area contributed by atoms with Gasteiger partial charge in [-0.25, -0.2) is 16.0 Å². The van der Waals surface area contributed by atoms with Gasteiger partial charge in [-0.2, -0.15) is 4.98 Å². The number of hydrogen-bond acceptors (Lipinski definition) is 8. The van der Waals surface area contributed by atoms with Gasteiger partial charge in [0.1, 0.15) is 30.2 Å². The van der Waals surface area contributed by atoms with Gasteiger partial charge < -0.3 is 28.7 Å². The Bertz CT molecular complexity index is 1040. The molecule has 3 rings (SSSR count). The monoisotopic (exact) mass is 510 g/mol. The lowest BCUT2D eigenvalue weighted by molar-refractivity contribution is -0.200. The lowest BCUT2D eigenvalue weighted by atomic mass is 9.96. The minimum absolute atomic E-state index is 0.0981. The molecule has 2 aliphatic rings. The van der Waals surface area contributed by atoms with Gasteiger partial charge in [0.2, 0.25) is 12.5 Å². The molecular formula is C23H36N5O6P. The summed E-state index contributed by atoms with van der Waals surface area (Å²) in [7, 11) is -1.62. The highest BCUT2D eigenvalue weighted by atomic mass is 31.2. The minimum Gasteiger partial charge on any atom is -0.365 e. The third kappa shape index (κ3) is 5.58. The summed E-state index contributed by atoms with van der Waals surface area (Å²) < 4.78 is 37.1. The van der Waals surface area contributed by atoms with Gasteiger partial charge in [0, 0.05) is 32.1 Å². The Morgan fingerprint density at radius 3 is 2.71 bits per heavy atom. The van der Waals surface area contributed by atoms with Crippen molar-refractivity contribution in [2.45, 2.75) is 97.6 Å². The Morgan fingerprint density at radius 1 is 1.46 bits per heavy atom. The number of nitrogens with zero attached hydrogens (tertiary/aromatic N) is 4. The van der Waals surface area contributed by atoms with Crippen LogP contribution < -0.4 is 11.0 Å². The molecule has 194 valence electrons. The highest BCUT2D eigenvalue weighted by molar-refractivity contribution is 7.44. The standard InChI is InChI=1S/C23H36N5O6P/c1-13(2)28(14(3)4)35(31-11-10-24-9)34-19-18-21(33-23(19,8)16(6)32-18)27-12-15(5)20(25-17(7)29)26-22(27)30/h12-14,16,18-19,21H,10-11H2,1-8H3,(H,25,26,29,30)/t16?,18-,19+,21-,23+,35?/m1/s1/i8D. The first kappa shape index (κ1) is 26.1. The van der Waals surface area contributed by atoms with E-state index in [2.05, 4.69) is 19.8 Å². The Labute approximate surface area is 209 Å². The fourth-order valence-corrected chi connectivity index (χ4v) is 6.18. The molecule has 2 saturated heterocycles. The summed E-state index contributed by atoms with van der Waals surface area (Å²) >= 11 is 0. The van der Waals surface area contributed by atoms with E-state index < -0.39 is 44.4 Å². The largest absolute Gasteiger partial charge is 0.365 e. The van der Waals surface area contributed by atoms with E-state index in [1.165, 1.54) is 11.5 Å². The quantitative estimate of drug-likeness (QED) is 0.290. The van der Waals surface area contributed by atoms with E-state index in [-0.39, 0.29) is 43.9 Å². The Morgan fingerprint density at radius 2 is 2.14 bits per heavy atom. The molecule has 1 aromatic rings. The number of fused-ring (bicyclic) bond motifs is 2. The topological polar surface area (TPSA) is 109 Å². The first-order chi connectivity index (χ1) is 17.0. The number of rotatable bonds is 10. The minimum atomic E-state index is -1.62. The van der Waals surface area contributed by atoms with E-state index in [1.54, 1.807) is 13.1 Å².